The first kappa shape index (κ1) is 18.0. The van der Waals surface area contributed by atoms with E-state index in [2.05, 4.69) is 12.2 Å². The number of hydrogen-bond acceptors (Lipinski definition) is 4. The summed E-state index contributed by atoms with van der Waals surface area (Å²) in [4.78, 5) is 37.4. The lowest BCUT2D eigenvalue weighted by molar-refractivity contribution is -0.151. The number of hydrogen-bond donors (Lipinski definition) is 1. The molecule has 0 aromatic heterocycles. The van der Waals surface area contributed by atoms with E-state index in [9.17, 15) is 14.4 Å². The molecule has 0 radical (unpaired) electrons. The molecule has 24 heavy (non-hydrogen) atoms. The average Bonchev–Trinajstić information content (AvgIpc) is 2.57. The molecular weight excluding hydrogens is 308 g/mol. The summed E-state index contributed by atoms with van der Waals surface area (Å²) < 4.78 is 4.96. The van der Waals surface area contributed by atoms with Crippen molar-refractivity contribution in [3.8, 4) is 0 Å². The molecule has 1 unspecified atom stereocenters. The van der Waals surface area contributed by atoms with Crippen LogP contribution in [0, 0.1) is 12.8 Å². The van der Waals surface area contributed by atoms with Crippen LogP contribution in [0.4, 0.5) is 0 Å². The molecule has 2 amide bonds. The number of amides is 2. The topological polar surface area (TPSA) is 75.7 Å². The third kappa shape index (κ3) is 5.37. The van der Waals surface area contributed by atoms with Crippen molar-refractivity contribution >= 4 is 17.8 Å². The van der Waals surface area contributed by atoms with Crippen molar-refractivity contribution in [1.82, 2.24) is 10.2 Å². The van der Waals surface area contributed by atoms with Gasteiger partial charge in [0.1, 0.15) is 6.54 Å². The number of rotatable bonds is 5. The van der Waals surface area contributed by atoms with Crippen molar-refractivity contribution in [3.05, 3.63) is 35.4 Å². The Morgan fingerprint density at radius 1 is 1.33 bits per heavy atom. The Hall–Kier alpha value is -2.37. The normalized spacial score (nSPS) is 17.2. The number of piperidine rings is 1. The molecule has 0 bridgehead atoms. The second-order valence-corrected chi connectivity index (χ2v) is 6.30. The van der Waals surface area contributed by atoms with Crippen LogP contribution in [0.3, 0.4) is 0 Å². The fourth-order valence-electron chi connectivity index (χ4n) is 2.74. The summed E-state index contributed by atoms with van der Waals surface area (Å²) in [6.07, 6.45) is 2.10. The van der Waals surface area contributed by atoms with Gasteiger partial charge in [-0.05, 0) is 37.8 Å². The number of nitrogens with zero attached hydrogens (tertiary/aromatic N) is 1. The van der Waals surface area contributed by atoms with Gasteiger partial charge in [0.2, 0.25) is 0 Å². The van der Waals surface area contributed by atoms with Crippen molar-refractivity contribution in [1.29, 1.82) is 0 Å². The van der Waals surface area contributed by atoms with Gasteiger partial charge in [0, 0.05) is 18.7 Å². The van der Waals surface area contributed by atoms with Gasteiger partial charge in [-0.25, -0.2) is 0 Å². The van der Waals surface area contributed by atoms with Gasteiger partial charge >= 0.3 is 5.97 Å². The van der Waals surface area contributed by atoms with Crippen molar-refractivity contribution in [2.24, 2.45) is 5.92 Å². The second-order valence-electron chi connectivity index (χ2n) is 6.30. The van der Waals surface area contributed by atoms with E-state index >= 15 is 0 Å². The number of carbonyl (C=O) groups excluding carboxylic acids is 3. The lowest BCUT2D eigenvalue weighted by atomic mass is 10.0. The van der Waals surface area contributed by atoms with E-state index < -0.39 is 5.97 Å². The summed E-state index contributed by atoms with van der Waals surface area (Å²) in [7, 11) is 0. The predicted octanol–water partition coefficient (Wildman–Crippen LogP) is 1.53. The van der Waals surface area contributed by atoms with E-state index in [0.717, 1.165) is 18.4 Å². The van der Waals surface area contributed by atoms with Gasteiger partial charge in [-0.3, -0.25) is 14.4 Å². The molecular formula is C18H24N2O4. The largest absolute Gasteiger partial charge is 0.454 e. The molecule has 2 rings (SSSR count). The Bertz CT molecular complexity index is 615. The molecule has 1 heterocycles. The number of nitrogens with one attached hydrogen (secondary N) is 1. The Kier molecular flexibility index (Phi) is 6.35. The van der Waals surface area contributed by atoms with Crippen LogP contribution in [0.25, 0.3) is 0 Å². The van der Waals surface area contributed by atoms with E-state index in [0.29, 0.717) is 24.6 Å². The highest BCUT2D eigenvalue weighted by Gasteiger charge is 2.21. The molecule has 1 aromatic carbocycles. The SMILES string of the molecule is Cc1cccc(C(=O)NCC(=O)OCC(=O)N2CCCC(C)C2)c1. The van der Waals surface area contributed by atoms with Gasteiger partial charge in [0.15, 0.2) is 6.61 Å². The minimum Gasteiger partial charge on any atom is -0.454 e. The van der Waals surface area contributed by atoms with Gasteiger partial charge < -0.3 is 15.0 Å². The van der Waals surface area contributed by atoms with Crippen LogP contribution in [0.1, 0.15) is 35.7 Å². The van der Waals surface area contributed by atoms with Gasteiger partial charge in [-0.2, -0.15) is 0 Å². The Balaban J connectivity index is 1.71. The van der Waals surface area contributed by atoms with E-state index in [-0.39, 0.29) is 25.0 Å². The fourth-order valence-corrected chi connectivity index (χ4v) is 2.74. The molecule has 1 N–H and O–H groups in total. The van der Waals surface area contributed by atoms with Crippen molar-refractivity contribution in [2.75, 3.05) is 26.2 Å². The second kappa shape index (κ2) is 8.47. The molecule has 0 saturated carbocycles. The predicted molar refractivity (Wildman–Crippen MR) is 89.4 cm³/mol. The summed E-state index contributed by atoms with van der Waals surface area (Å²) in [6, 6.07) is 7.08. The summed E-state index contributed by atoms with van der Waals surface area (Å²) in [5.74, 6) is -0.659. The first-order valence-corrected chi connectivity index (χ1v) is 8.24. The monoisotopic (exact) mass is 332 g/mol. The lowest BCUT2D eigenvalue weighted by Gasteiger charge is -2.30. The van der Waals surface area contributed by atoms with Crippen LogP contribution in [-0.4, -0.2) is 48.9 Å². The highest BCUT2D eigenvalue weighted by molar-refractivity contribution is 5.96. The van der Waals surface area contributed by atoms with Crippen LogP contribution in [0.15, 0.2) is 24.3 Å². The van der Waals surface area contributed by atoms with Crippen LogP contribution in [0.2, 0.25) is 0 Å². The van der Waals surface area contributed by atoms with Crippen molar-refractivity contribution in [3.63, 3.8) is 0 Å². The first-order valence-electron chi connectivity index (χ1n) is 8.24. The first-order chi connectivity index (χ1) is 11.5. The molecule has 6 nitrogen and oxygen atoms in total. The Morgan fingerprint density at radius 2 is 2.12 bits per heavy atom. The summed E-state index contributed by atoms with van der Waals surface area (Å²) in [6.45, 7) is 4.89. The quantitative estimate of drug-likeness (QED) is 0.830. The van der Waals surface area contributed by atoms with Gasteiger partial charge in [0.25, 0.3) is 11.8 Å². The number of ether oxygens (including phenoxy) is 1. The number of esters is 1. The van der Waals surface area contributed by atoms with Crippen molar-refractivity contribution in [2.45, 2.75) is 26.7 Å². The van der Waals surface area contributed by atoms with Crippen molar-refractivity contribution < 1.29 is 19.1 Å². The Labute approximate surface area is 142 Å². The third-order valence-corrected chi connectivity index (χ3v) is 4.04. The standard InChI is InChI=1S/C18H24N2O4/c1-13-5-3-7-15(9-13)18(23)19-10-17(22)24-12-16(21)20-8-4-6-14(2)11-20/h3,5,7,9,14H,4,6,8,10-12H2,1-2H3,(H,19,23). The molecule has 1 aromatic rings. The maximum Gasteiger partial charge on any atom is 0.325 e. The number of aryl methyl sites for hydroxylation is 1. The minimum absolute atomic E-state index is 0.181. The molecule has 130 valence electrons. The van der Waals surface area contributed by atoms with E-state index in [1.165, 1.54) is 0 Å². The molecule has 1 aliphatic heterocycles. The van der Waals surface area contributed by atoms with Crippen LogP contribution in [-0.2, 0) is 14.3 Å². The highest BCUT2D eigenvalue weighted by atomic mass is 16.5. The summed E-state index contributed by atoms with van der Waals surface area (Å²) in [5.41, 5.74) is 1.45. The zero-order valence-electron chi connectivity index (χ0n) is 14.2. The zero-order valence-corrected chi connectivity index (χ0v) is 14.2. The van der Waals surface area contributed by atoms with Gasteiger partial charge in [-0.15, -0.1) is 0 Å². The zero-order chi connectivity index (χ0) is 17.5. The third-order valence-electron chi connectivity index (χ3n) is 4.04. The molecule has 1 fully saturated rings. The Morgan fingerprint density at radius 3 is 2.83 bits per heavy atom. The molecule has 0 spiro atoms. The molecule has 1 atom stereocenters. The number of likely N-dealkylation sites (tertiary alicyclic amines) is 1. The van der Waals surface area contributed by atoms with Crippen LogP contribution >= 0.6 is 0 Å². The van der Waals surface area contributed by atoms with Gasteiger partial charge in [0.05, 0.1) is 0 Å². The van der Waals surface area contributed by atoms with E-state index in [1.54, 1.807) is 23.1 Å². The number of carbonyl (C=O) groups is 3. The summed E-state index contributed by atoms with van der Waals surface area (Å²) >= 11 is 0. The minimum atomic E-state index is -0.616. The molecule has 6 heteroatoms. The average molecular weight is 332 g/mol. The number of benzene rings is 1. The lowest BCUT2D eigenvalue weighted by Crippen LogP contribution is -2.42. The highest BCUT2D eigenvalue weighted by Crippen LogP contribution is 2.15. The molecule has 0 aliphatic carbocycles. The smallest absolute Gasteiger partial charge is 0.325 e. The van der Waals surface area contributed by atoms with E-state index in [4.69, 9.17) is 4.74 Å². The van der Waals surface area contributed by atoms with E-state index in [1.807, 2.05) is 13.0 Å². The van der Waals surface area contributed by atoms with Crippen LogP contribution in [0.5, 0.6) is 0 Å². The van der Waals surface area contributed by atoms with Gasteiger partial charge in [-0.1, -0.05) is 24.6 Å². The fraction of sp³-hybridized carbons (Fsp3) is 0.500. The van der Waals surface area contributed by atoms with Crippen LogP contribution < -0.4 is 5.32 Å². The molecule has 1 aliphatic rings. The maximum absolute atomic E-state index is 12.0. The molecule has 1 saturated heterocycles. The maximum atomic E-state index is 12.0. The summed E-state index contributed by atoms with van der Waals surface area (Å²) in [5, 5.41) is 2.50.